The number of nitro benzene ring substituents is 2. The fraction of sp³-hybridized carbons (Fsp3) is 0.133. The van der Waals surface area contributed by atoms with E-state index in [2.05, 4.69) is 0 Å². The van der Waals surface area contributed by atoms with Crippen molar-refractivity contribution in [3.05, 3.63) is 145 Å². The second-order valence-electron chi connectivity index (χ2n) is 9.54. The number of benzene rings is 4. The lowest BCUT2D eigenvalue weighted by Gasteiger charge is -2.36. The first-order valence-electron chi connectivity index (χ1n) is 13.0. The molecule has 0 spiro atoms. The summed E-state index contributed by atoms with van der Waals surface area (Å²) in [5.41, 5.74) is -1.66. The van der Waals surface area contributed by atoms with Crippen LogP contribution in [0.15, 0.2) is 102 Å². The summed E-state index contributed by atoms with van der Waals surface area (Å²) in [5, 5.41) is 22.7. The molecular formula is C30H24ClN3O9S. The Morgan fingerprint density at radius 1 is 0.750 bits per heavy atom. The summed E-state index contributed by atoms with van der Waals surface area (Å²) in [4.78, 5) is 48.4. The molecule has 4 aromatic rings. The first-order valence-corrected chi connectivity index (χ1v) is 14.7. The molecule has 0 saturated heterocycles. The summed E-state index contributed by atoms with van der Waals surface area (Å²) in [7, 11) is -5.47. The minimum atomic E-state index is -5.47. The lowest BCUT2D eigenvalue weighted by Crippen LogP contribution is -2.37. The van der Waals surface area contributed by atoms with Crippen molar-refractivity contribution in [3.63, 3.8) is 0 Å². The van der Waals surface area contributed by atoms with Crippen molar-refractivity contribution in [1.29, 1.82) is 0 Å². The van der Waals surface area contributed by atoms with Gasteiger partial charge in [-0.1, -0.05) is 84.4 Å². The van der Waals surface area contributed by atoms with Gasteiger partial charge in [0.1, 0.15) is 0 Å². The lowest BCUT2D eigenvalue weighted by atomic mass is 9.98. The van der Waals surface area contributed by atoms with Gasteiger partial charge >= 0.3 is 16.1 Å². The normalized spacial score (nSPS) is 12.5. The summed E-state index contributed by atoms with van der Waals surface area (Å²) < 4.78 is 31.1. The maximum Gasteiger partial charge on any atom is 0.355 e. The van der Waals surface area contributed by atoms with Crippen LogP contribution in [-0.4, -0.2) is 35.0 Å². The molecule has 0 aliphatic carbocycles. The Morgan fingerprint density at radius 2 is 1.16 bits per heavy atom. The van der Waals surface area contributed by atoms with Gasteiger partial charge in [-0.2, -0.15) is 8.42 Å². The molecule has 226 valence electrons. The van der Waals surface area contributed by atoms with Crippen molar-refractivity contribution < 1.29 is 32.0 Å². The van der Waals surface area contributed by atoms with Crippen LogP contribution < -0.4 is 0 Å². The lowest BCUT2D eigenvalue weighted by molar-refractivity contribution is -0.399. The van der Waals surface area contributed by atoms with Gasteiger partial charge in [0.2, 0.25) is 0 Å². The van der Waals surface area contributed by atoms with E-state index in [0.717, 1.165) is 17.2 Å². The van der Waals surface area contributed by atoms with Gasteiger partial charge in [-0.05, 0) is 37.1 Å². The van der Waals surface area contributed by atoms with Gasteiger partial charge < -0.3 is 9.08 Å². The first-order chi connectivity index (χ1) is 20.8. The van der Waals surface area contributed by atoms with E-state index in [1.54, 1.807) is 13.8 Å². The van der Waals surface area contributed by atoms with Crippen LogP contribution in [0.2, 0.25) is 5.02 Å². The number of amides is 1. The highest BCUT2D eigenvalue weighted by Gasteiger charge is 2.40. The van der Waals surface area contributed by atoms with E-state index in [9.17, 15) is 38.2 Å². The third-order valence-corrected chi connectivity index (χ3v) is 8.36. The molecule has 0 aliphatic rings. The molecule has 0 fully saturated rings. The van der Waals surface area contributed by atoms with Gasteiger partial charge in [0.25, 0.3) is 22.2 Å². The van der Waals surface area contributed by atoms with Crippen molar-refractivity contribution in [1.82, 2.24) is 4.90 Å². The molecule has 0 radical (unpaired) electrons. The van der Waals surface area contributed by atoms with Crippen LogP contribution in [0.4, 0.5) is 11.4 Å². The van der Waals surface area contributed by atoms with Crippen molar-refractivity contribution in [2.45, 2.75) is 30.8 Å². The van der Waals surface area contributed by atoms with Crippen LogP contribution in [-0.2, 0) is 14.3 Å². The fourth-order valence-corrected chi connectivity index (χ4v) is 6.10. The Kier molecular flexibility index (Phi) is 9.40. The summed E-state index contributed by atoms with van der Waals surface area (Å²) in [5.74, 6) is -2.22. The topological polar surface area (TPSA) is 167 Å². The quantitative estimate of drug-likeness (QED) is 0.105. The van der Waals surface area contributed by atoms with Gasteiger partial charge in [0.05, 0.1) is 38.1 Å². The standard InChI is InChI=1S/C30H24ClN3O9S/c1-19(21-11-5-3-6-12-21)32(20(2)22-13-7-4-8-14-22)29(35)24-15-9-10-16-25(24)30(36)43-44(41,42)28-26(33(37)38)17-23(31)18-27(28)34(39)40/h3-20H,1-2H3. The number of nitro groups is 2. The predicted octanol–water partition coefficient (Wildman–Crippen LogP) is 6.67. The van der Waals surface area contributed by atoms with E-state index in [4.69, 9.17) is 15.8 Å². The molecule has 4 rings (SSSR count). The van der Waals surface area contributed by atoms with Crippen LogP contribution in [0.25, 0.3) is 0 Å². The average Bonchev–Trinajstić information content (AvgIpc) is 3.00. The van der Waals surface area contributed by atoms with E-state index < -0.39 is 70.8 Å². The zero-order chi connectivity index (χ0) is 32.2. The summed E-state index contributed by atoms with van der Waals surface area (Å²) >= 11 is 5.73. The van der Waals surface area contributed by atoms with Gasteiger partial charge in [-0.15, -0.1) is 0 Å². The number of nitrogens with zero attached hydrogens (tertiary/aromatic N) is 3. The highest BCUT2D eigenvalue weighted by Crippen LogP contribution is 2.38. The molecule has 2 atom stereocenters. The van der Waals surface area contributed by atoms with Crippen LogP contribution in [0, 0.1) is 20.2 Å². The predicted molar refractivity (Wildman–Crippen MR) is 160 cm³/mol. The highest BCUT2D eigenvalue weighted by molar-refractivity contribution is 7.87. The highest BCUT2D eigenvalue weighted by atomic mass is 35.5. The first kappa shape index (κ1) is 31.8. The van der Waals surface area contributed by atoms with E-state index in [1.165, 1.54) is 23.1 Å². The monoisotopic (exact) mass is 637 g/mol. The Morgan fingerprint density at radius 3 is 1.59 bits per heavy atom. The second kappa shape index (κ2) is 13.0. The molecule has 0 N–H and O–H groups in total. The van der Waals surface area contributed by atoms with E-state index in [1.807, 2.05) is 60.7 Å². The number of carbonyl (C=O) groups is 2. The molecule has 2 unspecified atom stereocenters. The van der Waals surface area contributed by atoms with Crippen LogP contribution in [0.5, 0.6) is 0 Å². The molecule has 4 aromatic carbocycles. The van der Waals surface area contributed by atoms with Gasteiger partial charge in [-0.3, -0.25) is 25.0 Å². The maximum atomic E-state index is 14.2. The zero-order valence-electron chi connectivity index (χ0n) is 23.2. The van der Waals surface area contributed by atoms with Gasteiger partial charge in [-0.25, -0.2) is 4.79 Å². The average molecular weight is 638 g/mol. The molecule has 0 heterocycles. The zero-order valence-corrected chi connectivity index (χ0v) is 24.8. The molecular weight excluding hydrogens is 614 g/mol. The molecule has 1 amide bonds. The van der Waals surface area contributed by atoms with Crippen molar-refractivity contribution >= 4 is 45.0 Å². The van der Waals surface area contributed by atoms with Crippen molar-refractivity contribution in [2.75, 3.05) is 0 Å². The fourth-order valence-electron chi connectivity index (χ4n) is 4.74. The van der Waals surface area contributed by atoms with Crippen molar-refractivity contribution in [2.24, 2.45) is 0 Å². The Balaban J connectivity index is 1.79. The van der Waals surface area contributed by atoms with Crippen LogP contribution >= 0.6 is 11.6 Å². The summed E-state index contributed by atoms with van der Waals surface area (Å²) in [6, 6.07) is 23.6. The van der Waals surface area contributed by atoms with Gasteiger partial charge in [0.15, 0.2) is 0 Å². The van der Waals surface area contributed by atoms with E-state index in [0.29, 0.717) is 12.1 Å². The Hall–Kier alpha value is -5.14. The molecule has 0 aromatic heterocycles. The van der Waals surface area contributed by atoms with Gasteiger partial charge in [0, 0.05) is 12.1 Å². The number of hydrogen-bond acceptors (Lipinski definition) is 9. The second-order valence-corrected chi connectivity index (χ2v) is 11.5. The number of rotatable bonds is 10. The summed E-state index contributed by atoms with van der Waals surface area (Å²) in [6.45, 7) is 3.60. The Bertz CT molecular complexity index is 1770. The van der Waals surface area contributed by atoms with Crippen molar-refractivity contribution in [3.8, 4) is 0 Å². The number of hydrogen-bond donors (Lipinski definition) is 0. The van der Waals surface area contributed by atoms with Crippen LogP contribution in [0.1, 0.15) is 57.8 Å². The molecule has 14 heteroatoms. The molecule has 0 aliphatic heterocycles. The molecule has 0 bridgehead atoms. The third kappa shape index (κ3) is 6.58. The Labute approximate surface area is 256 Å². The van der Waals surface area contributed by atoms with Crippen LogP contribution in [0.3, 0.4) is 0 Å². The molecule has 12 nitrogen and oxygen atoms in total. The smallest absolute Gasteiger partial charge is 0.337 e. The number of halogens is 1. The third-order valence-electron chi connectivity index (χ3n) is 6.85. The molecule has 0 saturated carbocycles. The minimum Gasteiger partial charge on any atom is -0.337 e. The van der Waals surface area contributed by atoms with E-state index in [-0.39, 0.29) is 5.56 Å². The minimum absolute atomic E-state index is 0.224. The van der Waals surface area contributed by atoms with E-state index >= 15 is 0 Å². The largest absolute Gasteiger partial charge is 0.355 e. The molecule has 44 heavy (non-hydrogen) atoms. The maximum absolute atomic E-state index is 14.2. The summed E-state index contributed by atoms with van der Waals surface area (Å²) in [6.07, 6.45) is 0. The number of carbonyl (C=O) groups excluding carboxylic acids is 2. The SMILES string of the molecule is CC(c1ccccc1)N(C(=O)c1ccccc1C(=O)OS(=O)(=O)c1c([N+](=O)[O-])cc(Cl)cc1[N+](=O)[O-])C(C)c1ccccc1.